The van der Waals surface area contributed by atoms with Crippen molar-refractivity contribution in [2.75, 3.05) is 33.3 Å². The molecule has 1 heterocycles. The van der Waals surface area contributed by atoms with Crippen LogP contribution < -0.4 is 0 Å². The standard InChI is InChI=1S/C11H22N2O4S/c1-3-17-11(14)7-10-12(2)18(15,16)13-8-5-4-6-9-13/h3-10H2,1-2H3. The van der Waals surface area contributed by atoms with Crippen molar-refractivity contribution in [2.24, 2.45) is 0 Å². The monoisotopic (exact) mass is 278 g/mol. The molecule has 0 spiro atoms. The zero-order valence-electron chi connectivity index (χ0n) is 11.1. The van der Waals surface area contributed by atoms with E-state index in [9.17, 15) is 13.2 Å². The minimum atomic E-state index is -3.41. The van der Waals surface area contributed by atoms with Gasteiger partial charge in [-0.2, -0.15) is 17.0 Å². The fourth-order valence-electron chi connectivity index (χ4n) is 1.89. The minimum absolute atomic E-state index is 0.0947. The average molecular weight is 278 g/mol. The molecule has 0 aliphatic carbocycles. The molecular formula is C11H22N2O4S. The van der Waals surface area contributed by atoms with Crippen molar-refractivity contribution in [3.05, 3.63) is 0 Å². The zero-order chi connectivity index (χ0) is 13.6. The molecule has 0 aromatic rings. The summed E-state index contributed by atoms with van der Waals surface area (Å²) < 4.78 is 31.8. The maximum absolute atomic E-state index is 12.2. The molecule has 18 heavy (non-hydrogen) atoms. The van der Waals surface area contributed by atoms with Gasteiger partial charge in [0.2, 0.25) is 0 Å². The van der Waals surface area contributed by atoms with E-state index in [0.717, 1.165) is 19.3 Å². The highest BCUT2D eigenvalue weighted by Gasteiger charge is 2.28. The highest BCUT2D eigenvalue weighted by atomic mass is 32.2. The van der Waals surface area contributed by atoms with Crippen molar-refractivity contribution in [1.29, 1.82) is 0 Å². The van der Waals surface area contributed by atoms with Gasteiger partial charge in [-0.05, 0) is 19.8 Å². The van der Waals surface area contributed by atoms with Crippen LogP contribution in [-0.4, -0.2) is 56.3 Å². The first-order valence-corrected chi connectivity index (χ1v) is 7.75. The van der Waals surface area contributed by atoms with Gasteiger partial charge in [-0.15, -0.1) is 0 Å². The Balaban J connectivity index is 2.48. The molecule has 7 heteroatoms. The Hall–Kier alpha value is -0.660. The van der Waals surface area contributed by atoms with E-state index in [2.05, 4.69) is 0 Å². The predicted octanol–water partition coefficient (Wildman–Crippen LogP) is 0.602. The maximum atomic E-state index is 12.2. The smallest absolute Gasteiger partial charge is 0.307 e. The van der Waals surface area contributed by atoms with E-state index in [-0.39, 0.29) is 18.9 Å². The summed E-state index contributed by atoms with van der Waals surface area (Å²) in [5, 5.41) is 0. The zero-order valence-corrected chi connectivity index (χ0v) is 11.9. The van der Waals surface area contributed by atoms with Gasteiger partial charge in [-0.1, -0.05) is 6.42 Å². The molecule has 0 aromatic heterocycles. The van der Waals surface area contributed by atoms with Crippen molar-refractivity contribution in [3.63, 3.8) is 0 Å². The third kappa shape index (κ3) is 4.22. The molecule has 6 nitrogen and oxygen atoms in total. The van der Waals surface area contributed by atoms with E-state index in [1.54, 1.807) is 6.92 Å². The van der Waals surface area contributed by atoms with Crippen LogP contribution >= 0.6 is 0 Å². The average Bonchev–Trinajstić information content (AvgIpc) is 2.37. The summed E-state index contributed by atoms with van der Waals surface area (Å²) in [6, 6.07) is 0. The number of hydrogen-bond donors (Lipinski definition) is 0. The molecule has 0 aromatic carbocycles. The lowest BCUT2D eigenvalue weighted by molar-refractivity contribution is -0.143. The normalized spacial score (nSPS) is 17.9. The Kier molecular flexibility index (Phi) is 6.04. The fraction of sp³-hybridized carbons (Fsp3) is 0.909. The molecule has 1 aliphatic heterocycles. The van der Waals surface area contributed by atoms with Gasteiger partial charge in [0.15, 0.2) is 0 Å². The number of carbonyl (C=O) groups excluding carboxylic acids is 1. The first kappa shape index (κ1) is 15.4. The van der Waals surface area contributed by atoms with Gasteiger partial charge in [0.25, 0.3) is 10.2 Å². The van der Waals surface area contributed by atoms with Crippen LogP contribution in [0.5, 0.6) is 0 Å². The molecule has 106 valence electrons. The number of hydrogen-bond acceptors (Lipinski definition) is 4. The van der Waals surface area contributed by atoms with Crippen LogP contribution in [0.4, 0.5) is 0 Å². The van der Waals surface area contributed by atoms with Gasteiger partial charge < -0.3 is 4.74 Å². The Bertz CT molecular complexity index is 363. The van der Waals surface area contributed by atoms with E-state index < -0.39 is 10.2 Å². The number of esters is 1. The number of piperidine rings is 1. The van der Waals surface area contributed by atoms with E-state index >= 15 is 0 Å². The summed E-state index contributed by atoms with van der Waals surface area (Å²) >= 11 is 0. The largest absolute Gasteiger partial charge is 0.466 e. The quantitative estimate of drug-likeness (QED) is 0.667. The lowest BCUT2D eigenvalue weighted by atomic mass is 10.2. The second-order valence-corrected chi connectivity index (χ2v) is 6.38. The Morgan fingerprint density at radius 3 is 2.44 bits per heavy atom. The van der Waals surface area contributed by atoms with Crippen molar-refractivity contribution < 1.29 is 17.9 Å². The molecule has 1 aliphatic rings. The minimum Gasteiger partial charge on any atom is -0.466 e. The molecule has 0 amide bonds. The number of nitrogens with zero attached hydrogens (tertiary/aromatic N) is 2. The summed E-state index contributed by atoms with van der Waals surface area (Å²) in [5.74, 6) is -0.363. The Morgan fingerprint density at radius 1 is 1.28 bits per heavy atom. The van der Waals surface area contributed by atoms with Crippen LogP contribution in [0.25, 0.3) is 0 Å². The third-order valence-electron chi connectivity index (χ3n) is 2.97. The van der Waals surface area contributed by atoms with Crippen molar-refractivity contribution in [2.45, 2.75) is 32.6 Å². The van der Waals surface area contributed by atoms with E-state index in [1.165, 1.54) is 15.7 Å². The molecule has 0 atom stereocenters. The molecule has 1 fully saturated rings. The van der Waals surface area contributed by atoms with Gasteiger partial charge in [-0.25, -0.2) is 0 Å². The summed E-state index contributed by atoms with van der Waals surface area (Å²) in [7, 11) is -1.91. The third-order valence-corrected chi connectivity index (χ3v) is 4.96. The molecule has 0 bridgehead atoms. The van der Waals surface area contributed by atoms with Gasteiger partial charge in [0.1, 0.15) is 0 Å². The van der Waals surface area contributed by atoms with Crippen LogP contribution in [0.1, 0.15) is 32.6 Å². The van der Waals surface area contributed by atoms with Crippen molar-refractivity contribution in [1.82, 2.24) is 8.61 Å². The molecule has 1 saturated heterocycles. The Labute approximate surface area is 109 Å². The van der Waals surface area contributed by atoms with Gasteiger partial charge in [0.05, 0.1) is 13.0 Å². The summed E-state index contributed by atoms with van der Waals surface area (Å²) in [4.78, 5) is 11.2. The SMILES string of the molecule is CCOC(=O)CCN(C)S(=O)(=O)N1CCCCC1. The van der Waals surface area contributed by atoms with Crippen molar-refractivity contribution >= 4 is 16.2 Å². The van der Waals surface area contributed by atoms with Crippen LogP contribution in [0.2, 0.25) is 0 Å². The maximum Gasteiger partial charge on any atom is 0.307 e. The highest BCUT2D eigenvalue weighted by molar-refractivity contribution is 7.86. The molecule has 0 unspecified atom stereocenters. The fourth-order valence-corrected chi connectivity index (χ4v) is 3.33. The second kappa shape index (κ2) is 7.06. The van der Waals surface area contributed by atoms with Gasteiger partial charge in [0, 0.05) is 26.7 Å². The van der Waals surface area contributed by atoms with Crippen molar-refractivity contribution in [3.8, 4) is 0 Å². The summed E-state index contributed by atoms with van der Waals surface area (Å²) in [5.41, 5.74) is 0. The topological polar surface area (TPSA) is 66.9 Å². The number of ether oxygens (including phenoxy) is 1. The van der Waals surface area contributed by atoms with Gasteiger partial charge >= 0.3 is 5.97 Å². The van der Waals surface area contributed by atoms with Crippen LogP contribution in [0.3, 0.4) is 0 Å². The van der Waals surface area contributed by atoms with Crippen LogP contribution in [-0.2, 0) is 19.7 Å². The summed E-state index contributed by atoms with van der Waals surface area (Å²) in [6.45, 7) is 3.36. The first-order chi connectivity index (χ1) is 8.48. The number of carbonyl (C=O) groups is 1. The first-order valence-electron chi connectivity index (χ1n) is 6.35. The molecule has 1 rings (SSSR count). The van der Waals surface area contributed by atoms with Gasteiger partial charge in [-0.3, -0.25) is 4.79 Å². The molecule has 0 saturated carbocycles. The lowest BCUT2D eigenvalue weighted by Crippen LogP contribution is -2.44. The second-order valence-electron chi connectivity index (χ2n) is 4.34. The molecular weight excluding hydrogens is 256 g/mol. The highest BCUT2D eigenvalue weighted by Crippen LogP contribution is 2.15. The lowest BCUT2D eigenvalue weighted by Gasteiger charge is -2.29. The summed E-state index contributed by atoms with van der Waals surface area (Å²) in [6.07, 6.45) is 2.99. The van der Waals surface area contributed by atoms with E-state index in [4.69, 9.17) is 4.74 Å². The van der Waals surface area contributed by atoms with Crippen LogP contribution in [0, 0.1) is 0 Å². The molecule has 0 radical (unpaired) electrons. The Morgan fingerprint density at radius 2 is 1.89 bits per heavy atom. The predicted molar refractivity (Wildman–Crippen MR) is 68.2 cm³/mol. The van der Waals surface area contributed by atoms with E-state index in [0.29, 0.717) is 19.7 Å². The number of rotatable bonds is 6. The van der Waals surface area contributed by atoms with E-state index in [1.807, 2.05) is 0 Å². The van der Waals surface area contributed by atoms with Crippen LogP contribution in [0.15, 0.2) is 0 Å². The molecule has 0 N–H and O–H groups in total.